The SMILES string of the molecule is O=C=Nc1cc(-n2c(O)c3c(c2O)C2C=CC3C2)cc(-n2c(O)c3c(c2O)C2C=CC3C2)c1. The van der Waals surface area contributed by atoms with Gasteiger partial charge in [0, 0.05) is 45.9 Å². The summed E-state index contributed by atoms with van der Waals surface area (Å²) in [5.41, 5.74) is 3.73. The molecule has 8 nitrogen and oxygen atoms in total. The Labute approximate surface area is 187 Å². The van der Waals surface area contributed by atoms with Crippen LogP contribution in [0.4, 0.5) is 5.69 Å². The number of hydrogen-bond acceptors (Lipinski definition) is 6. The van der Waals surface area contributed by atoms with Crippen molar-refractivity contribution in [1.29, 1.82) is 0 Å². The molecule has 0 aliphatic heterocycles. The van der Waals surface area contributed by atoms with Gasteiger partial charge in [-0.25, -0.2) is 4.79 Å². The minimum atomic E-state index is -0.0665. The largest absolute Gasteiger partial charge is 0.494 e. The highest BCUT2D eigenvalue weighted by Crippen LogP contribution is 2.59. The van der Waals surface area contributed by atoms with E-state index in [-0.39, 0.29) is 52.9 Å². The Bertz CT molecular complexity index is 1330. The van der Waals surface area contributed by atoms with Crippen molar-refractivity contribution < 1.29 is 25.2 Å². The van der Waals surface area contributed by atoms with Gasteiger partial charge in [0.05, 0.1) is 17.1 Å². The lowest BCUT2D eigenvalue weighted by atomic mass is 10.0. The second-order valence-electron chi connectivity index (χ2n) is 9.20. The van der Waals surface area contributed by atoms with Crippen molar-refractivity contribution in [2.24, 2.45) is 4.99 Å². The zero-order chi connectivity index (χ0) is 22.6. The van der Waals surface area contributed by atoms with Gasteiger partial charge >= 0.3 is 0 Å². The number of aromatic hydroxyl groups is 4. The Morgan fingerprint density at radius 1 is 0.667 bits per heavy atom. The van der Waals surface area contributed by atoms with Crippen LogP contribution in [0, 0.1) is 0 Å². The van der Waals surface area contributed by atoms with E-state index in [0.29, 0.717) is 33.6 Å². The Hall–Kier alpha value is -4.16. The Morgan fingerprint density at radius 3 is 1.36 bits per heavy atom. The van der Waals surface area contributed by atoms with E-state index >= 15 is 0 Å². The molecule has 7 rings (SSSR count). The summed E-state index contributed by atoms with van der Waals surface area (Å²) in [4.78, 5) is 14.8. The van der Waals surface area contributed by atoms with Gasteiger partial charge in [0.1, 0.15) is 0 Å². The molecule has 3 aromatic rings. The number of allylic oxidation sites excluding steroid dienone is 4. The van der Waals surface area contributed by atoms with Crippen LogP contribution in [0.1, 0.15) is 58.8 Å². The average molecular weight is 441 g/mol. The first-order chi connectivity index (χ1) is 16.0. The molecule has 4 aliphatic carbocycles. The highest BCUT2D eigenvalue weighted by molar-refractivity contribution is 5.68. The highest BCUT2D eigenvalue weighted by Gasteiger charge is 2.43. The van der Waals surface area contributed by atoms with Gasteiger partial charge in [0.25, 0.3) is 0 Å². The number of fused-ring (bicyclic) bond motifs is 10. The average Bonchev–Trinajstić information content (AvgIpc) is 3.61. The second-order valence-corrected chi connectivity index (χ2v) is 9.20. The summed E-state index contributed by atoms with van der Waals surface area (Å²) >= 11 is 0. The molecule has 33 heavy (non-hydrogen) atoms. The van der Waals surface area contributed by atoms with E-state index in [9.17, 15) is 25.2 Å². The Morgan fingerprint density at radius 2 is 1.03 bits per heavy atom. The normalized spacial score (nSPS) is 25.0. The minimum absolute atomic E-state index is 0.0521. The Balaban J connectivity index is 1.45. The van der Waals surface area contributed by atoms with Crippen LogP contribution in [0.25, 0.3) is 11.4 Å². The van der Waals surface area contributed by atoms with E-state index in [4.69, 9.17) is 0 Å². The molecule has 8 heteroatoms. The topological polar surface area (TPSA) is 120 Å². The first kappa shape index (κ1) is 18.4. The van der Waals surface area contributed by atoms with E-state index in [1.54, 1.807) is 6.07 Å². The summed E-state index contributed by atoms with van der Waals surface area (Å²) in [7, 11) is 0. The highest BCUT2D eigenvalue weighted by atomic mass is 16.3. The lowest BCUT2D eigenvalue weighted by molar-refractivity contribution is 0.394. The third-order valence-corrected chi connectivity index (χ3v) is 7.62. The molecule has 4 aliphatic rings. The lowest BCUT2D eigenvalue weighted by Crippen LogP contribution is -2.00. The van der Waals surface area contributed by atoms with Crippen molar-refractivity contribution in [1.82, 2.24) is 9.13 Å². The monoisotopic (exact) mass is 441 g/mol. The quantitative estimate of drug-likeness (QED) is 0.274. The van der Waals surface area contributed by atoms with Crippen molar-refractivity contribution in [2.75, 3.05) is 0 Å². The molecule has 2 heterocycles. The van der Waals surface area contributed by atoms with Crippen LogP contribution in [0.5, 0.6) is 23.5 Å². The van der Waals surface area contributed by atoms with Crippen LogP contribution in [0.15, 0.2) is 47.5 Å². The minimum Gasteiger partial charge on any atom is -0.494 e. The molecule has 4 unspecified atom stereocenters. The van der Waals surface area contributed by atoms with Gasteiger partial charge in [-0.2, -0.15) is 4.99 Å². The van der Waals surface area contributed by atoms with Crippen LogP contribution in [0.3, 0.4) is 0 Å². The van der Waals surface area contributed by atoms with Crippen LogP contribution in [-0.4, -0.2) is 35.6 Å². The number of aromatic nitrogens is 2. The number of aliphatic imine (C=N–C) groups is 1. The van der Waals surface area contributed by atoms with Crippen LogP contribution in [0.2, 0.25) is 0 Å². The number of benzene rings is 1. The molecule has 0 saturated carbocycles. The molecular weight excluding hydrogens is 422 g/mol. The number of carbonyl (C=O) groups excluding carboxylic acids is 1. The molecule has 4 bridgehead atoms. The predicted octanol–water partition coefficient (Wildman–Crippen LogP) is 4.34. The van der Waals surface area contributed by atoms with Gasteiger partial charge in [0.2, 0.25) is 29.6 Å². The van der Waals surface area contributed by atoms with Crippen molar-refractivity contribution in [3.05, 3.63) is 64.8 Å². The van der Waals surface area contributed by atoms with Gasteiger partial charge < -0.3 is 20.4 Å². The molecular formula is C25H19N3O5. The van der Waals surface area contributed by atoms with Gasteiger partial charge in [-0.1, -0.05) is 24.3 Å². The zero-order valence-corrected chi connectivity index (χ0v) is 17.3. The van der Waals surface area contributed by atoms with Crippen molar-refractivity contribution in [3.8, 4) is 34.9 Å². The third-order valence-electron chi connectivity index (χ3n) is 7.62. The molecule has 0 radical (unpaired) electrons. The van der Waals surface area contributed by atoms with E-state index in [1.165, 1.54) is 27.3 Å². The summed E-state index contributed by atoms with van der Waals surface area (Å²) < 4.78 is 2.64. The standard InChI is InChI=1S/C25H19N3O5/c29-10-26-15-7-16(27-22(30)18-11-1-2-12(5-11)19(18)23(27)31)9-17(8-15)28-24(32)20-13-3-4-14(6-13)21(20)25(28)33/h1-4,7-9,11-14,30-33H,5-6H2. The summed E-state index contributed by atoms with van der Waals surface area (Å²) in [6.45, 7) is 0. The molecule has 2 aromatic heterocycles. The van der Waals surface area contributed by atoms with Gasteiger partial charge in [-0.3, -0.25) is 9.13 Å². The van der Waals surface area contributed by atoms with Crippen molar-refractivity contribution in [2.45, 2.75) is 36.5 Å². The first-order valence-electron chi connectivity index (χ1n) is 10.9. The maximum Gasteiger partial charge on any atom is 0.240 e. The fourth-order valence-electron chi connectivity index (χ4n) is 6.32. The molecule has 0 amide bonds. The summed E-state index contributed by atoms with van der Waals surface area (Å²) in [6, 6.07) is 4.70. The van der Waals surface area contributed by atoms with E-state index in [1.807, 2.05) is 24.3 Å². The van der Waals surface area contributed by atoms with Crippen LogP contribution < -0.4 is 0 Å². The number of rotatable bonds is 3. The lowest BCUT2D eigenvalue weighted by Gasteiger charge is -2.15. The number of isocyanates is 1. The van der Waals surface area contributed by atoms with E-state index in [2.05, 4.69) is 4.99 Å². The molecule has 4 atom stereocenters. The molecule has 0 saturated heterocycles. The summed E-state index contributed by atoms with van der Waals surface area (Å²) in [5.74, 6) is -0.0574. The maximum atomic E-state index is 11.0. The van der Waals surface area contributed by atoms with Crippen LogP contribution in [-0.2, 0) is 4.79 Å². The Kier molecular flexibility index (Phi) is 3.35. The first-order valence-corrected chi connectivity index (χ1v) is 10.9. The van der Waals surface area contributed by atoms with Gasteiger partial charge in [-0.05, 0) is 31.0 Å². The molecule has 164 valence electrons. The predicted molar refractivity (Wildman–Crippen MR) is 118 cm³/mol. The molecule has 0 spiro atoms. The van der Waals surface area contributed by atoms with Gasteiger partial charge in [-0.15, -0.1) is 0 Å². The maximum absolute atomic E-state index is 11.0. The summed E-state index contributed by atoms with van der Waals surface area (Å²) in [6.07, 6.45) is 11.3. The molecule has 4 N–H and O–H groups in total. The third kappa shape index (κ3) is 2.16. The zero-order valence-electron chi connectivity index (χ0n) is 17.3. The second kappa shape index (κ2) is 5.99. The van der Waals surface area contributed by atoms with E-state index in [0.717, 1.165) is 12.8 Å². The van der Waals surface area contributed by atoms with Crippen LogP contribution >= 0.6 is 0 Å². The number of hydrogen-bond donors (Lipinski definition) is 4. The van der Waals surface area contributed by atoms with E-state index < -0.39 is 0 Å². The smallest absolute Gasteiger partial charge is 0.240 e. The van der Waals surface area contributed by atoms with Crippen molar-refractivity contribution in [3.63, 3.8) is 0 Å². The molecule has 1 aromatic carbocycles. The number of nitrogens with zero attached hydrogens (tertiary/aromatic N) is 3. The fourth-order valence-corrected chi connectivity index (χ4v) is 6.32. The van der Waals surface area contributed by atoms with Crippen molar-refractivity contribution >= 4 is 11.8 Å². The van der Waals surface area contributed by atoms with Gasteiger partial charge in [0.15, 0.2) is 0 Å². The molecule has 0 fully saturated rings. The summed E-state index contributed by atoms with van der Waals surface area (Å²) in [5, 5.41) is 44.1. The fraction of sp³-hybridized carbons (Fsp3) is 0.240.